The molecule has 0 aliphatic carbocycles. The molecular weight excluding hydrogens is 264 g/mol. The zero-order chi connectivity index (χ0) is 14.3. The monoisotopic (exact) mass is 286 g/mol. The van der Waals surface area contributed by atoms with Crippen molar-refractivity contribution >= 4 is 10.0 Å². The lowest BCUT2D eigenvalue weighted by atomic mass is 10.1. The van der Waals surface area contributed by atoms with E-state index in [2.05, 4.69) is 10.0 Å². The maximum atomic E-state index is 11.2. The minimum atomic E-state index is -3.12. The standard InChI is InChI=1S/C13H22N2O3S/c1-3-19(17,18)15-8-7-14-11(2)13-6-4-5-12(9-13)10-16/h4-6,9,11,14-16H,3,7-8,10H2,1-2H3. The number of hydrogen-bond acceptors (Lipinski definition) is 4. The lowest BCUT2D eigenvalue weighted by molar-refractivity contribution is 0.281. The molecule has 3 N–H and O–H groups in total. The molecule has 1 unspecified atom stereocenters. The molecule has 0 saturated carbocycles. The first-order chi connectivity index (χ1) is 8.98. The molecule has 5 nitrogen and oxygen atoms in total. The van der Waals surface area contributed by atoms with Gasteiger partial charge in [-0.15, -0.1) is 0 Å². The highest BCUT2D eigenvalue weighted by atomic mass is 32.2. The van der Waals surface area contributed by atoms with Crippen molar-refractivity contribution in [2.24, 2.45) is 0 Å². The van der Waals surface area contributed by atoms with Crippen LogP contribution in [-0.4, -0.2) is 32.4 Å². The summed E-state index contributed by atoms with van der Waals surface area (Å²) in [5.74, 6) is 0.0983. The molecule has 6 heteroatoms. The van der Waals surface area contributed by atoms with Gasteiger partial charge in [0.15, 0.2) is 0 Å². The van der Waals surface area contributed by atoms with Gasteiger partial charge in [0.1, 0.15) is 0 Å². The highest BCUT2D eigenvalue weighted by molar-refractivity contribution is 7.89. The van der Waals surface area contributed by atoms with Crippen molar-refractivity contribution in [1.82, 2.24) is 10.0 Å². The van der Waals surface area contributed by atoms with Gasteiger partial charge in [-0.3, -0.25) is 0 Å². The van der Waals surface area contributed by atoms with Crippen LogP contribution in [0.4, 0.5) is 0 Å². The molecule has 0 aromatic heterocycles. The van der Waals surface area contributed by atoms with E-state index in [0.717, 1.165) is 11.1 Å². The maximum Gasteiger partial charge on any atom is 0.211 e. The van der Waals surface area contributed by atoms with Crippen molar-refractivity contribution in [2.75, 3.05) is 18.8 Å². The first-order valence-corrected chi connectivity index (χ1v) is 8.04. The van der Waals surface area contributed by atoms with Crippen LogP contribution >= 0.6 is 0 Å². The molecule has 0 spiro atoms. The van der Waals surface area contributed by atoms with Crippen LogP contribution in [0.3, 0.4) is 0 Å². The normalized spacial score (nSPS) is 13.4. The Bertz CT molecular complexity index is 488. The van der Waals surface area contributed by atoms with Crippen LogP contribution in [-0.2, 0) is 16.6 Å². The van der Waals surface area contributed by atoms with E-state index in [-0.39, 0.29) is 18.4 Å². The first kappa shape index (κ1) is 16.1. The van der Waals surface area contributed by atoms with Crippen molar-refractivity contribution in [1.29, 1.82) is 0 Å². The molecule has 108 valence electrons. The Hall–Kier alpha value is -0.950. The minimum Gasteiger partial charge on any atom is -0.392 e. The third-order valence-corrected chi connectivity index (χ3v) is 4.32. The molecule has 0 aliphatic heterocycles. The third-order valence-electron chi connectivity index (χ3n) is 2.91. The smallest absolute Gasteiger partial charge is 0.211 e. The van der Waals surface area contributed by atoms with Gasteiger partial charge < -0.3 is 10.4 Å². The fraction of sp³-hybridized carbons (Fsp3) is 0.538. The largest absolute Gasteiger partial charge is 0.392 e. The zero-order valence-corrected chi connectivity index (χ0v) is 12.2. The molecule has 19 heavy (non-hydrogen) atoms. The highest BCUT2D eigenvalue weighted by Crippen LogP contribution is 2.13. The Morgan fingerprint density at radius 1 is 1.32 bits per heavy atom. The number of aliphatic hydroxyl groups is 1. The number of hydrogen-bond donors (Lipinski definition) is 3. The van der Waals surface area contributed by atoms with Crippen LogP contribution < -0.4 is 10.0 Å². The SMILES string of the molecule is CCS(=O)(=O)NCCNC(C)c1cccc(CO)c1. The highest BCUT2D eigenvalue weighted by Gasteiger charge is 2.07. The second-order valence-electron chi connectivity index (χ2n) is 4.38. The fourth-order valence-electron chi connectivity index (χ4n) is 1.68. The van der Waals surface area contributed by atoms with E-state index < -0.39 is 10.0 Å². The molecule has 0 fully saturated rings. The van der Waals surface area contributed by atoms with Crippen LogP contribution in [0.5, 0.6) is 0 Å². The summed E-state index contributed by atoms with van der Waals surface area (Å²) in [5.41, 5.74) is 1.95. The van der Waals surface area contributed by atoms with E-state index in [0.29, 0.717) is 13.1 Å². The summed E-state index contributed by atoms with van der Waals surface area (Å²) in [7, 11) is -3.12. The van der Waals surface area contributed by atoms with Crippen molar-refractivity contribution < 1.29 is 13.5 Å². The molecule has 0 heterocycles. The van der Waals surface area contributed by atoms with Gasteiger partial charge in [-0.25, -0.2) is 13.1 Å². The van der Waals surface area contributed by atoms with E-state index in [1.54, 1.807) is 6.92 Å². The Kier molecular flexibility index (Phi) is 6.44. The molecule has 1 atom stereocenters. The van der Waals surface area contributed by atoms with E-state index in [1.807, 2.05) is 31.2 Å². The van der Waals surface area contributed by atoms with Crippen LogP contribution in [0.15, 0.2) is 24.3 Å². The topological polar surface area (TPSA) is 78.4 Å². The lowest BCUT2D eigenvalue weighted by Crippen LogP contribution is -2.33. The van der Waals surface area contributed by atoms with Gasteiger partial charge in [0.25, 0.3) is 0 Å². The van der Waals surface area contributed by atoms with Gasteiger partial charge in [-0.2, -0.15) is 0 Å². The molecule has 0 radical (unpaired) electrons. The van der Waals surface area contributed by atoms with Crippen molar-refractivity contribution in [3.8, 4) is 0 Å². The number of sulfonamides is 1. The average Bonchev–Trinajstić information content (AvgIpc) is 2.43. The number of rotatable bonds is 8. The summed E-state index contributed by atoms with van der Waals surface area (Å²) in [6, 6.07) is 7.79. The molecule has 1 rings (SSSR count). The zero-order valence-electron chi connectivity index (χ0n) is 11.4. The summed E-state index contributed by atoms with van der Waals surface area (Å²) in [6.07, 6.45) is 0. The summed E-state index contributed by atoms with van der Waals surface area (Å²) < 4.78 is 25.0. The predicted molar refractivity (Wildman–Crippen MR) is 76.2 cm³/mol. The number of nitrogens with one attached hydrogen (secondary N) is 2. The van der Waals surface area contributed by atoms with Crippen LogP contribution in [0.2, 0.25) is 0 Å². The van der Waals surface area contributed by atoms with Crippen LogP contribution in [0.25, 0.3) is 0 Å². The van der Waals surface area contributed by atoms with Gasteiger partial charge in [-0.05, 0) is 25.0 Å². The predicted octanol–water partition coefficient (Wildman–Crippen LogP) is 0.769. The van der Waals surface area contributed by atoms with E-state index >= 15 is 0 Å². The van der Waals surface area contributed by atoms with Gasteiger partial charge in [-0.1, -0.05) is 24.3 Å². The number of aliphatic hydroxyl groups excluding tert-OH is 1. The molecule has 0 amide bonds. The lowest BCUT2D eigenvalue weighted by Gasteiger charge is -2.15. The molecule has 0 aliphatic rings. The van der Waals surface area contributed by atoms with Gasteiger partial charge in [0.05, 0.1) is 12.4 Å². The Balaban J connectivity index is 2.41. The van der Waals surface area contributed by atoms with E-state index in [4.69, 9.17) is 5.11 Å². The third kappa shape index (κ3) is 5.69. The second-order valence-corrected chi connectivity index (χ2v) is 6.47. The molecular formula is C13H22N2O3S. The summed E-state index contributed by atoms with van der Waals surface area (Å²) >= 11 is 0. The van der Waals surface area contributed by atoms with E-state index in [9.17, 15) is 8.42 Å². The van der Waals surface area contributed by atoms with Gasteiger partial charge in [0, 0.05) is 19.1 Å². The summed E-state index contributed by atoms with van der Waals surface area (Å²) in [5, 5.41) is 12.3. The van der Waals surface area contributed by atoms with Crippen molar-refractivity contribution in [2.45, 2.75) is 26.5 Å². The Morgan fingerprint density at radius 3 is 2.68 bits per heavy atom. The average molecular weight is 286 g/mol. The molecule has 1 aromatic rings. The first-order valence-electron chi connectivity index (χ1n) is 6.39. The Labute approximate surface area is 115 Å². The maximum absolute atomic E-state index is 11.2. The van der Waals surface area contributed by atoms with Crippen molar-refractivity contribution in [3.63, 3.8) is 0 Å². The quantitative estimate of drug-likeness (QED) is 0.617. The van der Waals surface area contributed by atoms with Gasteiger partial charge >= 0.3 is 0 Å². The van der Waals surface area contributed by atoms with Crippen molar-refractivity contribution in [3.05, 3.63) is 35.4 Å². The minimum absolute atomic E-state index is 0.0247. The molecule has 0 bridgehead atoms. The summed E-state index contributed by atoms with van der Waals surface area (Å²) in [6.45, 7) is 4.57. The summed E-state index contributed by atoms with van der Waals surface area (Å²) in [4.78, 5) is 0. The fourth-order valence-corrected chi connectivity index (χ4v) is 2.29. The van der Waals surface area contributed by atoms with Crippen LogP contribution in [0.1, 0.15) is 31.0 Å². The number of benzene rings is 1. The van der Waals surface area contributed by atoms with E-state index in [1.165, 1.54) is 0 Å². The molecule has 1 aromatic carbocycles. The van der Waals surface area contributed by atoms with Gasteiger partial charge in [0.2, 0.25) is 10.0 Å². The Morgan fingerprint density at radius 2 is 2.05 bits per heavy atom. The molecule has 0 saturated heterocycles. The van der Waals surface area contributed by atoms with Crippen LogP contribution in [0, 0.1) is 0 Å². The second kappa shape index (κ2) is 7.59.